The van der Waals surface area contributed by atoms with Crippen LogP contribution < -0.4 is 10.8 Å². The second-order valence-corrected chi connectivity index (χ2v) is 7.42. The zero-order valence-corrected chi connectivity index (χ0v) is 16.4. The van der Waals surface area contributed by atoms with E-state index in [1.807, 2.05) is 60.4 Å². The molecule has 2 aromatic rings. The molecule has 0 saturated heterocycles. The van der Waals surface area contributed by atoms with Gasteiger partial charge < -0.3 is 10.2 Å². The van der Waals surface area contributed by atoms with Crippen LogP contribution >= 0.6 is 11.6 Å². The normalized spacial score (nSPS) is 16.9. The summed E-state index contributed by atoms with van der Waals surface area (Å²) in [6.07, 6.45) is 2.13. The first-order valence-electron chi connectivity index (χ1n) is 9.38. The Morgan fingerprint density at radius 3 is 2.64 bits per heavy atom. The molecule has 1 heterocycles. The SMILES string of the molecule is CC(CCCCC(=O)NO)N1C(=O)c2ccccc2NC1c1ccc(Cl)cc1. The number of rotatable bonds is 7. The van der Waals surface area contributed by atoms with Crippen molar-refractivity contribution in [2.45, 2.75) is 44.8 Å². The van der Waals surface area contributed by atoms with Crippen LogP contribution in [0, 0.1) is 0 Å². The third-order valence-corrected chi connectivity index (χ3v) is 5.28. The number of fused-ring (bicyclic) bond motifs is 1. The molecule has 2 amide bonds. The lowest BCUT2D eigenvalue weighted by atomic mass is 9.99. The molecule has 0 radical (unpaired) electrons. The highest BCUT2D eigenvalue weighted by Crippen LogP contribution is 2.35. The van der Waals surface area contributed by atoms with Gasteiger partial charge >= 0.3 is 0 Å². The summed E-state index contributed by atoms with van der Waals surface area (Å²) >= 11 is 6.03. The zero-order valence-electron chi connectivity index (χ0n) is 15.7. The van der Waals surface area contributed by atoms with Crippen LogP contribution in [0.15, 0.2) is 48.5 Å². The van der Waals surface area contributed by atoms with Gasteiger partial charge in [-0.1, -0.05) is 42.3 Å². The average molecular weight is 402 g/mol. The Kier molecular flexibility index (Phi) is 6.54. The molecular weight excluding hydrogens is 378 g/mol. The third-order valence-electron chi connectivity index (χ3n) is 5.02. The van der Waals surface area contributed by atoms with Crippen molar-refractivity contribution in [3.8, 4) is 0 Å². The summed E-state index contributed by atoms with van der Waals surface area (Å²) in [5, 5.41) is 12.7. The molecule has 3 rings (SSSR count). The Hall–Kier alpha value is -2.57. The maximum Gasteiger partial charge on any atom is 0.258 e. The van der Waals surface area contributed by atoms with Gasteiger partial charge in [-0.05, 0) is 49.6 Å². The molecule has 0 fully saturated rings. The second kappa shape index (κ2) is 9.08. The Morgan fingerprint density at radius 2 is 1.93 bits per heavy atom. The molecule has 2 atom stereocenters. The maximum absolute atomic E-state index is 13.3. The summed E-state index contributed by atoms with van der Waals surface area (Å²) in [6.45, 7) is 2.02. The number of halogens is 1. The van der Waals surface area contributed by atoms with Crippen LogP contribution in [0.4, 0.5) is 5.69 Å². The van der Waals surface area contributed by atoms with Crippen molar-refractivity contribution in [1.29, 1.82) is 0 Å². The highest BCUT2D eigenvalue weighted by Gasteiger charge is 2.35. The second-order valence-electron chi connectivity index (χ2n) is 6.99. The number of nitrogens with zero attached hydrogens (tertiary/aromatic N) is 1. The molecule has 0 bridgehead atoms. The molecule has 0 aliphatic carbocycles. The number of hydroxylamine groups is 1. The number of carbonyl (C=O) groups excluding carboxylic acids is 2. The van der Waals surface area contributed by atoms with Gasteiger partial charge in [-0.2, -0.15) is 0 Å². The Balaban J connectivity index is 1.81. The number of anilines is 1. The molecular formula is C21H24ClN3O3. The molecule has 1 aliphatic heterocycles. The smallest absolute Gasteiger partial charge is 0.258 e. The van der Waals surface area contributed by atoms with E-state index in [1.165, 1.54) is 0 Å². The first-order chi connectivity index (χ1) is 13.5. The quantitative estimate of drug-likeness (QED) is 0.365. The van der Waals surface area contributed by atoms with Gasteiger partial charge in [-0.25, -0.2) is 5.48 Å². The number of para-hydroxylation sites is 1. The first-order valence-corrected chi connectivity index (χ1v) is 9.75. The monoisotopic (exact) mass is 401 g/mol. The fourth-order valence-electron chi connectivity index (χ4n) is 3.53. The minimum atomic E-state index is -0.392. The van der Waals surface area contributed by atoms with Crippen LogP contribution in [0.2, 0.25) is 5.02 Å². The average Bonchev–Trinajstić information content (AvgIpc) is 2.71. The van der Waals surface area contributed by atoms with E-state index >= 15 is 0 Å². The Bertz CT molecular complexity index is 841. The summed E-state index contributed by atoms with van der Waals surface area (Å²) in [7, 11) is 0. The third kappa shape index (κ3) is 4.46. The lowest BCUT2D eigenvalue weighted by Gasteiger charge is -2.42. The molecule has 2 unspecified atom stereocenters. The largest absolute Gasteiger partial charge is 0.361 e. The number of nitrogens with one attached hydrogen (secondary N) is 2. The minimum absolute atomic E-state index is 0.0186. The van der Waals surface area contributed by atoms with Crippen molar-refractivity contribution in [2.75, 3.05) is 5.32 Å². The van der Waals surface area contributed by atoms with Crippen molar-refractivity contribution in [3.05, 3.63) is 64.7 Å². The zero-order chi connectivity index (χ0) is 20.1. The number of benzene rings is 2. The van der Waals surface area contributed by atoms with Crippen LogP contribution in [0.3, 0.4) is 0 Å². The minimum Gasteiger partial charge on any atom is -0.361 e. The number of hydrogen-bond donors (Lipinski definition) is 3. The van der Waals surface area contributed by atoms with E-state index < -0.39 is 5.91 Å². The van der Waals surface area contributed by atoms with E-state index in [9.17, 15) is 9.59 Å². The number of amides is 2. The van der Waals surface area contributed by atoms with Crippen molar-refractivity contribution in [3.63, 3.8) is 0 Å². The van der Waals surface area contributed by atoms with Crippen molar-refractivity contribution in [2.24, 2.45) is 0 Å². The Morgan fingerprint density at radius 1 is 1.21 bits per heavy atom. The standard InChI is InChI=1S/C21H24ClN3O3/c1-14(6-2-5-9-19(26)24-28)25-20(15-10-12-16(22)13-11-15)23-18-8-4-3-7-17(18)21(25)27/h3-4,7-8,10-14,20,23,28H,2,5-6,9H2,1H3,(H,24,26). The van der Waals surface area contributed by atoms with Gasteiger partial charge in [-0.15, -0.1) is 0 Å². The molecule has 3 N–H and O–H groups in total. The molecule has 28 heavy (non-hydrogen) atoms. The van der Waals surface area contributed by atoms with E-state index in [0.717, 1.165) is 24.1 Å². The fourth-order valence-corrected chi connectivity index (χ4v) is 3.66. The summed E-state index contributed by atoms with van der Waals surface area (Å²) in [5.41, 5.74) is 4.07. The Labute approximate surface area is 169 Å². The number of hydrogen-bond acceptors (Lipinski definition) is 4. The van der Waals surface area contributed by atoms with E-state index in [4.69, 9.17) is 16.8 Å². The highest BCUT2D eigenvalue weighted by molar-refractivity contribution is 6.30. The van der Waals surface area contributed by atoms with Crippen molar-refractivity contribution < 1.29 is 14.8 Å². The fraction of sp³-hybridized carbons (Fsp3) is 0.333. The van der Waals surface area contributed by atoms with E-state index in [2.05, 4.69) is 5.32 Å². The van der Waals surface area contributed by atoms with E-state index in [0.29, 0.717) is 17.0 Å². The molecule has 6 nitrogen and oxygen atoms in total. The van der Waals surface area contributed by atoms with E-state index in [1.54, 1.807) is 5.48 Å². The predicted molar refractivity (Wildman–Crippen MR) is 108 cm³/mol. The molecule has 2 aromatic carbocycles. The van der Waals surface area contributed by atoms with Gasteiger partial charge in [0, 0.05) is 23.2 Å². The van der Waals surface area contributed by atoms with Gasteiger partial charge in [0.25, 0.3) is 5.91 Å². The highest BCUT2D eigenvalue weighted by atomic mass is 35.5. The number of carbonyl (C=O) groups is 2. The molecule has 1 aliphatic rings. The lowest BCUT2D eigenvalue weighted by Crippen LogP contribution is -2.47. The molecule has 0 spiro atoms. The van der Waals surface area contributed by atoms with Gasteiger partial charge in [0.05, 0.1) is 5.56 Å². The van der Waals surface area contributed by atoms with Crippen molar-refractivity contribution >= 4 is 29.1 Å². The molecule has 0 saturated carbocycles. The van der Waals surface area contributed by atoms with Gasteiger partial charge in [0.2, 0.25) is 5.91 Å². The first kappa shape index (κ1) is 20.2. The summed E-state index contributed by atoms with van der Waals surface area (Å²) in [5.74, 6) is -0.411. The number of unbranched alkanes of at least 4 members (excludes halogenated alkanes) is 1. The molecule has 0 aromatic heterocycles. The van der Waals surface area contributed by atoms with Crippen molar-refractivity contribution in [1.82, 2.24) is 10.4 Å². The van der Waals surface area contributed by atoms with Crippen LogP contribution in [-0.4, -0.2) is 28.0 Å². The summed E-state index contributed by atoms with van der Waals surface area (Å²) < 4.78 is 0. The summed E-state index contributed by atoms with van der Waals surface area (Å²) in [4.78, 5) is 26.3. The molecule has 7 heteroatoms. The van der Waals surface area contributed by atoms with Gasteiger partial charge in [0.1, 0.15) is 6.17 Å². The van der Waals surface area contributed by atoms with Crippen LogP contribution in [0.1, 0.15) is 54.7 Å². The molecule has 148 valence electrons. The van der Waals surface area contributed by atoms with Crippen LogP contribution in [0.25, 0.3) is 0 Å². The lowest BCUT2D eigenvalue weighted by molar-refractivity contribution is -0.129. The van der Waals surface area contributed by atoms with E-state index in [-0.39, 0.29) is 24.5 Å². The summed E-state index contributed by atoms with van der Waals surface area (Å²) in [6, 6.07) is 14.9. The topological polar surface area (TPSA) is 81.7 Å². The predicted octanol–water partition coefficient (Wildman–Crippen LogP) is 4.36. The van der Waals surface area contributed by atoms with Crippen LogP contribution in [-0.2, 0) is 4.79 Å². The van der Waals surface area contributed by atoms with Crippen LogP contribution in [0.5, 0.6) is 0 Å². The van der Waals surface area contributed by atoms with Gasteiger partial charge in [-0.3, -0.25) is 14.8 Å². The maximum atomic E-state index is 13.3. The van der Waals surface area contributed by atoms with Gasteiger partial charge in [0.15, 0.2) is 0 Å².